The number of hydrogen-bond donors (Lipinski definition) is 1. The SMILES string of the molecule is NCN1C=CN=C(Cl)/C1=C/C1CCCCC1. The highest BCUT2D eigenvalue weighted by atomic mass is 35.5. The van der Waals surface area contributed by atoms with Crippen LogP contribution in [0.2, 0.25) is 0 Å². The van der Waals surface area contributed by atoms with E-state index >= 15 is 0 Å². The minimum atomic E-state index is 0.445. The Morgan fingerprint density at radius 3 is 2.88 bits per heavy atom. The maximum atomic E-state index is 6.11. The van der Waals surface area contributed by atoms with Gasteiger partial charge in [-0.3, -0.25) is 0 Å². The molecule has 0 spiro atoms. The summed E-state index contributed by atoms with van der Waals surface area (Å²) >= 11 is 6.11. The van der Waals surface area contributed by atoms with E-state index in [0.29, 0.717) is 17.8 Å². The normalized spacial score (nSPS) is 25.0. The average Bonchev–Trinajstić information content (AvgIpc) is 2.33. The van der Waals surface area contributed by atoms with Gasteiger partial charge in [-0.25, -0.2) is 4.99 Å². The Kier molecular flexibility index (Phi) is 4.02. The van der Waals surface area contributed by atoms with Crippen molar-refractivity contribution in [1.29, 1.82) is 0 Å². The number of aliphatic imine (C=N–C) groups is 1. The zero-order chi connectivity index (χ0) is 11.4. The predicted molar refractivity (Wildman–Crippen MR) is 68.0 cm³/mol. The molecule has 0 saturated heterocycles. The second kappa shape index (κ2) is 5.51. The first kappa shape index (κ1) is 11.7. The molecule has 0 aromatic carbocycles. The summed E-state index contributed by atoms with van der Waals surface area (Å²) in [4.78, 5) is 6.06. The second-order valence-electron chi connectivity index (χ2n) is 4.32. The molecule has 1 fully saturated rings. The summed E-state index contributed by atoms with van der Waals surface area (Å²) in [5.41, 5.74) is 6.65. The van der Waals surface area contributed by atoms with Crippen LogP contribution < -0.4 is 5.73 Å². The monoisotopic (exact) mass is 239 g/mol. The van der Waals surface area contributed by atoms with Gasteiger partial charge < -0.3 is 10.6 Å². The van der Waals surface area contributed by atoms with Crippen molar-refractivity contribution in [3.63, 3.8) is 0 Å². The molecular weight excluding hydrogens is 222 g/mol. The second-order valence-corrected chi connectivity index (χ2v) is 4.68. The van der Waals surface area contributed by atoms with Gasteiger partial charge in [0, 0.05) is 12.4 Å². The molecule has 1 aliphatic heterocycles. The van der Waals surface area contributed by atoms with Gasteiger partial charge in [0.15, 0.2) is 5.17 Å². The van der Waals surface area contributed by atoms with Crippen LogP contribution in [-0.2, 0) is 0 Å². The minimum Gasteiger partial charge on any atom is -0.331 e. The van der Waals surface area contributed by atoms with Crippen molar-refractivity contribution in [2.45, 2.75) is 32.1 Å². The van der Waals surface area contributed by atoms with Gasteiger partial charge in [0.1, 0.15) is 0 Å². The number of rotatable bonds is 2. The van der Waals surface area contributed by atoms with E-state index in [9.17, 15) is 0 Å². The molecule has 0 amide bonds. The smallest absolute Gasteiger partial charge is 0.152 e. The van der Waals surface area contributed by atoms with Gasteiger partial charge in [0.05, 0.1) is 12.4 Å². The molecule has 0 bridgehead atoms. The number of hydrogen-bond acceptors (Lipinski definition) is 3. The quantitative estimate of drug-likeness (QED) is 0.805. The van der Waals surface area contributed by atoms with Crippen molar-refractivity contribution in [3.05, 3.63) is 24.2 Å². The summed E-state index contributed by atoms with van der Waals surface area (Å²) in [6.07, 6.45) is 12.3. The summed E-state index contributed by atoms with van der Waals surface area (Å²) in [6, 6.07) is 0. The lowest BCUT2D eigenvalue weighted by Crippen LogP contribution is -2.29. The van der Waals surface area contributed by atoms with Crippen molar-refractivity contribution < 1.29 is 0 Å². The first-order valence-electron chi connectivity index (χ1n) is 5.90. The summed E-state index contributed by atoms with van der Waals surface area (Å²) in [5, 5.41) is 0.554. The van der Waals surface area contributed by atoms with Crippen molar-refractivity contribution in [2.75, 3.05) is 6.67 Å². The summed E-state index contributed by atoms with van der Waals surface area (Å²) in [6.45, 7) is 0.445. The molecule has 4 heteroatoms. The summed E-state index contributed by atoms with van der Waals surface area (Å²) < 4.78 is 0. The van der Waals surface area contributed by atoms with Gasteiger partial charge in [-0.15, -0.1) is 0 Å². The van der Waals surface area contributed by atoms with E-state index < -0.39 is 0 Å². The largest absolute Gasteiger partial charge is 0.331 e. The standard InChI is InChI=1S/C12H18ClN3/c13-12-11(16(9-14)7-6-15-12)8-10-4-2-1-3-5-10/h6-8,10H,1-5,9,14H2/b11-8-. The van der Waals surface area contributed by atoms with Crippen LogP contribution in [0.25, 0.3) is 0 Å². The Morgan fingerprint density at radius 1 is 1.44 bits per heavy atom. The average molecular weight is 240 g/mol. The summed E-state index contributed by atoms with van der Waals surface area (Å²) in [5.74, 6) is 0.633. The predicted octanol–water partition coefficient (Wildman–Crippen LogP) is 2.79. The number of nitrogens with zero attached hydrogens (tertiary/aromatic N) is 2. The lowest BCUT2D eigenvalue weighted by Gasteiger charge is -2.26. The Balaban J connectivity index is 2.12. The highest BCUT2D eigenvalue weighted by molar-refractivity contribution is 6.69. The van der Waals surface area contributed by atoms with Crippen molar-refractivity contribution in [3.8, 4) is 0 Å². The Morgan fingerprint density at radius 2 is 2.19 bits per heavy atom. The van der Waals surface area contributed by atoms with E-state index in [1.807, 2.05) is 11.1 Å². The highest BCUT2D eigenvalue weighted by Crippen LogP contribution is 2.27. The fourth-order valence-electron chi connectivity index (χ4n) is 2.29. The Labute approximate surface area is 102 Å². The van der Waals surface area contributed by atoms with Gasteiger partial charge in [0.25, 0.3) is 0 Å². The fourth-order valence-corrected chi connectivity index (χ4v) is 2.52. The van der Waals surface area contributed by atoms with Crippen LogP contribution in [0.3, 0.4) is 0 Å². The molecule has 3 nitrogen and oxygen atoms in total. The van der Waals surface area contributed by atoms with Crippen LogP contribution in [0.5, 0.6) is 0 Å². The van der Waals surface area contributed by atoms with Crippen molar-refractivity contribution in [1.82, 2.24) is 4.90 Å². The Hall–Kier alpha value is -0.800. The highest BCUT2D eigenvalue weighted by Gasteiger charge is 2.18. The van der Waals surface area contributed by atoms with E-state index in [1.165, 1.54) is 32.1 Å². The van der Waals surface area contributed by atoms with Crippen LogP contribution in [0, 0.1) is 5.92 Å². The van der Waals surface area contributed by atoms with Gasteiger partial charge in [-0.05, 0) is 18.8 Å². The maximum absolute atomic E-state index is 6.11. The molecule has 1 heterocycles. The first-order valence-corrected chi connectivity index (χ1v) is 6.28. The molecule has 0 aromatic rings. The molecular formula is C12H18ClN3. The molecule has 1 aliphatic carbocycles. The van der Waals surface area contributed by atoms with Crippen molar-refractivity contribution >= 4 is 16.8 Å². The van der Waals surface area contributed by atoms with Crippen LogP contribution in [0.15, 0.2) is 29.2 Å². The van der Waals surface area contributed by atoms with Crippen LogP contribution >= 0.6 is 11.6 Å². The molecule has 2 N–H and O–H groups in total. The number of halogens is 1. The lowest BCUT2D eigenvalue weighted by molar-refractivity contribution is 0.408. The molecule has 1 saturated carbocycles. The third-order valence-corrected chi connectivity index (χ3v) is 3.49. The minimum absolute atomic E-state index is 0.445. The van der Waals surface area contributed by atoms with Gasteiger partial charge >= 0.3 is 0 Å². The maximum Gasteiger partial charge on any atom is 0.152 e. The van der Waals surface area contributed by atoms with E-state index in [4.69, 9.17) is 17.3 Å². The first-order chi connectivity index (χ1) is 7.81. The Bertz CT molecular complexity index is 327. The third-order valence-electron chi connectivity index (χ3n) is 3.20. The zero-order valence-electron chi connectivity index (χ0n) is 9.40. The molecule has 2 rings (SSSR count). The fraction of sp³-hybridized carbons (Fsp3) is 0.583. The van der Waals surface area contributed by atoms with Crippen molar-refractivity contribution in [2.24, 2.45) is 16.6 Å². The molecule has 88 valence electrons. The third kappa shape index (κ3) is 2.66. The van der Waals surface area contributed by atoms with E-state index in [1.54, 1.807) is 6.20 Å². The van der Waals surface area contributed by atoms with Gasteiger partial charge in [-0.1, -0.05) is 36.9 Å². The van der Waals surface area contributed by atoms with Crippen LogP contribution in [0.4, 0.5) is 0 Å². The van der Waals surface area contributed by atoms with Crippen LogP contribution in [-0.4, -0.2) is 16.7 Å². The number of allylic oxidation sites excluding steroid dienone is 2. The van der Waals surface area contributed by atoms with E-state index in [0.717, 1.165) is 5.70 Å². The van der Waals surface area contributed by atoms with E-state index in [-0.39, 0.29) is 0 Å². The molecule has 0 radical (unpaired) electrons. The lowest BCUT2D eigenvalue weighted by atomic mass is 9.88. The molecule has 0 aromatic heterocycles. The molecule has 16 heavy (non-hydrogen) atoms. The summed E-state index contributed by atoms with van der Waals surface area (Å²) in [7, 11) is 0. The number of nitrogens with two attached hydrogens (primary N) is 1. The van der Waals surface area contributed by atoms with Gasteiger partial charge in [0.2, 0.25) is 0 Å². The topological polar surface area (TPSA) is 41.6 Å². The molecule has 0 unspecified atom stereocenters. The molecule has 2 aliphatic rings. The zero-order valence-corrected chi connectivity index (χ0v) is 10.2. The van der Waals surface area contributed by atoms with E-state index in [2.05, 4.69) is 11.1 Å². The van der Waals surface area contributed by atoms with Gasteiger partial charge in [-0.2, -0.15) is 0 Å². The molecule has 0 atom stereocenters. The van der Waals surface area contributed by atoms with Crippen LogP contribution in [0.1, 0.15) is 32.1 Å².